The largest absolute Gasteiger partial charge is 0.341 e. The summed E-state index contributed by atoms with van der Waals surface area (Å²) >= 11 is 0. The minimum Gasteiger partial charge on any atom is -0.341 e. The fraction of sp³-hybridized carbons (Fsp3) is 0.375. The van der Waals surface area contributed by atoms with Gasteiger partial charge in [-0.1, -0.05) is 12.1 Å². The van der Waals surface area contributed by atoms with Crippen LogP contribution in [0.25, 0.3) is 5.69 Å². The summed E-state index contributed by atoms with van der Waals surface area (Å²) < 4.78 is 24.8. The van der Waals surface area contributed by atoms with E-state index in [1.807, 2.05) is 36.5 Å². The number of carbonyl (C=O) groups is 1. The highest BCUT2D eigenvalue weighted by Gasteiger charge is 2.32. The number of carbonyl (C=O) groups excluding carboxylic acids is 1. The quantitative estimate of drug-likeness (QED) is 0.839. The molecular weight excluding hydrogens is 314 g/mol. The second-order valence-electron chi connectivity index (χ2n) is 5.86. The second kappa shape index (κ2) is 6.16. The first-order valence-electron chi connectivity index (χ1n) is 7.50. The van der Waals surface area contributed by atoms with Crippen molar-refractivity contribution in [1.29, 1.82) is 0 Å². The van der Waals surface area contributed by atoms with E-state index >= 15 is 0 Å². The fourth-order valence-electron chi connectivity index (χ4n) is 2.77. The lowest BCUT2D eigenvalue weighted by molar-refractivity contribution is -0.130. The van der Waals surface area contributed by atoms with Gasteiger partial charge in [0, 0.05) is 25.5 Å². The van der Waals surface area contributed by atoms with Crippen LogP contribution in [0.3, 0.4) is 0 Å². The van der Waals surface area contributed by atoms with Crippen LogP contribution < -0.4 is 0 Å². The van der Waals surface area contributed by atoms with Crippen molar-refractivity contribution in [3.05, 3.63) is 48.3 Å². The van der Waals surface area contributed by atoms with Crippen LogP contribution in [-0.2, 0) is 21.1 Å². The van der Waals surface area contributed by atoms with Gasteiger partial charge in [-0.05, 0) is 30.2 Å². The first kappa shape index (κ1) is 15.7. The normalized spacial score (nSPS) is 19.6. The Morgan fingerprint density at radius 3 is 2.65 bits per heavy atom. The van der Waals surface area contributed by atoms with Crippen molar-refractivity contribution in [2.45, 2.75) is 18.9 Å². The molecule has 2 aromatic rings. The lowest BCUT2D eigenvalue weighted by Gasteiger charge is -2.23. The molecule has 0 radical (unpaired) electrons. The van der Waals surface area contributed by atoms with E-state index in [0.29, 0.717) is 6.42 Å². The molecule has 0 spiro atoms. The van der Waals surface area contributed by atoms with Gasteiger partial charge in [-0.2, -0.15) is 5.10 Å². The van der Waals surface area contributed by atoms with Crippen molar-refractivity contribution in [1.82, 2.24) is 14.7 Å². The summed E-state index contributed by atoms with van der Waals surface area (Å²) in [6.45, 7) is 0. The zero-order valence-electron chi connectivity index (χ0n) is 12.9. The van der Waals surface area contributed by atoms with Crippen LogP contribution in [0.1, 0.15) is 12.0 Å². The molecule has 122 valence electrons. The minimum absolute atomic E-state index is 0.0565. The number of benzene rings is 1. The van der Waals surface area contributed by atoms with Gasteiger partial charge in [-0.3, -0.25) is 4.79 Å². The Morgan fingerprint density at radius 1 is 1.35 bits per heavy atom. The zero-order valence-corrected chi connectivity index (χ0v) is 13.7. The van der Waals surface area contributed by atoms with E-state index in [1.54, 1.807) is 22.8 Å². The Morgan fingerprint density at radius 2 is 2.09 bits per heavy atom. The Bertz CT molecular complexity index is 782. The summed E-state index contributed by atoms with van der Waals surface area (Å²) in [4.78, 5) is 13.9. The first-order chi connectivity index (χ1) is 10.9. The van der Waals surface area contributed by atoms with Crippen LogP contribution in [0.4, 0.5) is 0 Å². The van der Waals surface area contributed by atoms with Gasteiger partial charge in [0.05, 0.1) is 23.6 Å². The van der Waals surface area contributed by atoms with Crippen molar-refractivity contribution in [2.75, 3.05) is 18.6 Å². The highest BCUT2D eigenvalue weighted by Crippen LogP contribution is 2.18. The monoisotopic (exact) mass is 333 g/mol. The topological polar surface area (TPSA) is 72.3 Å². The van der Waals surface area contributed by atoms with E-state index < -0.39 is 9.84 Å². The van der Waals surface area contributed by atoms with Crippen molar-refractivity contribution >= 4 is 15.7 Å². The number of likely N-dealkylation sites (N-methyl/N-ethyl adjacent to an activating group) is 1. The van der Waals surface area contributed by atoms with E-state index in [2.05, 4.69) is 5.10 Å². The molecule has 1 amide bonds. The molecule has 1 aromatic heterocycles. The molecule has 1 fully saturated rings. The van der Waals surface area contributed by atoms with E-state index in [4.69, 9.17) is 0 Å². The Kier molecular flexibility index (Phi) is 4.21. The fourth-order valence-corrected chi connectivity index (χ4v) is 4.55. The van der Waals surface area contributed by atoms with E-state index in [0.717, 1.165) is 11.3 Å². The second-order valence-corrected chi connectivity index (χ2v) is 8.08. The average Bonchev–Trinajstić information content (AvgIpc) is 3.16. The van der Waals surface area contributed by atoms with Gasteiger partial charge in [-0.15, -0.1) is 0 Å². The van der Waals surface area contributed by atoms with Gasteiger partial charge in [-0.25, -0.2) is 13.1 Å². The number of hydrogen-bond donors (Lipinski definition) is 0. The molecule has 1 atom stereocenters. The maximum Gasteiger partial charge on any atom is 0.227 e. The number of amides is 1. The van der Waals surface area contributed by atoms with E-state index in [9.17, 15) is 13.2 Å². The van der Waals surface area contributed by atoms with Gasteiger partial charge in [0.25, 0.3) is 0 Å². The molecule has 0 aliphatic carbocycles. The molecule has 7 heteroatoms. The SMILES string of the molecule is CN(C(=O)Cc1ccc(-n2cccn2)cc1)C1CCS(=O)(=O)C1. The molecule has 0 saturated carbocycles. The minimum atomic E-state index is -2.98. The van der Waals surface area contributed by atoms with Crippen LogP contribution in [0.2, 0.25) is 0 Å². The maximum atomic E-state index is 12.3. The molecule has 0 N–H and O–H groups in total. The highest BCUT2D eigenvalue weighted by atomic mass is 32.2. The predicted molar refractivity (Wildman–Crippen MR) is 87.1 cm³/mol. The van der Waals surface area contributed by atoms with Crippen LogP contribution >= 0.6 is 0 Å². The zero-order chi connectivity index (χ0) is 16.4. The third-order valence-electron chi connectivity index (χ3n) is 4.21. The Balaban J connectivity index is 1.64. The van der Waals surface area contributed by atoms with Crippen LogP contribution in [0, 0.1) is 0 Å². The summed E-state index contributed by atoms with van der Waals surface area (Å²) in [5.74, 6) is 0.195. The van der Waals surface area contributed by atoms with Crippen LogP contribution in [0.15, 0.2) is 42.7 Å². The molecule has 1 aliphatic rings. The molecule has 1 unspecified atom stereocenters. The van der Waals surface area contributed by atoms with Crippen LogP contribution in [-0.4, -0.2) is 53.6 Å². The molecule has 23 heavy (non-hydrogen) atoms. The molecular formula is C16H19N3O3S. The summed E-state index contributed by atoms with van der Waals surface area (Å²) in [6.07, 6.45) is 4.37. The third kappa shape index (κ3) is 3.61. The Labute approximate surface area is 135 Å². The molecule has 3 rings (SSSR count). The average molecular weight is 333 g/mol. The third-order valence-corrected chi connectivity index (χ3v) is 5.96. The summed E-state index contributed by atoms with van der Waals surface area (Å²) in [5.41, 5.74) is 1.83. The molecule has 2 heterocycles. The van der Waals surface area contributed by atoms with E-state index in [-0.39, 0.29) is 29.9 Å². The maximum absolute atomic E-state index is 12.3. The molecule has 1 saturated heterocycles. The number of hydrogen-bond acceptors (Lipinski definition) is 4. The van der Waals surface area contributed by atoms with Crippen LogP contribution in [0.5, 0.6) is 0 Å². The van der Waals surface area contributed by atoms with Crippen molar-refractivity contribution in [3.63, 3.8) is 0 Å². The number of aromatic nitrogens is 2. The first-order valence-corrected chi connectivity index (χ1v) is 9.32. The Hall–Kier alpha value is -2.15. The lowest BCUT2D eigenvalue weighted by atomic mass is 10.1. The molecule has 1 aliphatic heterocycles. The number of nitrogens with zero attached hydrogens (tertiary/aromatic N) is 3. The van der Waals surface area contributed by atoms with Gasteiger partial charge >= 0.3 is 0 Å². The highest BCUT2D eigenvalue weighted by molar-refractivity contribution is 7.91. The van der Waals surface area contributed by atoms with Gasteiger partial charge in [0.15, 0.2) is 9.84 Å². The molecule has 0 bridgehead atoms. The van der Waals surface area contributed by atoms with E-state index in [1.165, 1.54) is 0 Å². The standard InChI is InChI=1S/C16H19N3O3S/c1-18(15-7-10-23(21,22)12-15)16(20)11-13-3-5-14(6-4-13)19-9-2-8-17-19/h2-6,8-9,15H,7,10-12H2,1H3. The predicted octanol–water partition coefficient (Wildman–Crippen LogP) is 1.06. The summed E-state index contributed by atoms with van der Waals surface area (Å²) in [7, 11) is -1.29. The molecule has 6 nitrogen and oxygen atoms in total. The molecule has 1 aromatic carbocycles. The van der Waals surface area contributed by atoms with Crippen molar-refractivity contribution in [3.8, 4) is 5.69 Å². The summed E-state index contributed by atoms with van der Waals surface area (Å²) in [6, 6.07) is 9.27. The number of rotatable bonds is 4. The van der Waals surface area contributed by atoms with Gasteiger partial charge in [0.1, 0.15) is 0 Å². The van der Waals surface area contributed by atoms with Gasteiger partial charge in [0.2, 0.25) is 5.91 Å². The smallest absolute Gasteiger partial charge is 0.227 e. The summed E-state index contributed by atoms with van der Waals surface area (Å²) in [5, 5.41) is 4.16. The lowest BCUT2D eigenvalue weighted by Crippen LogP contribution is -2.38. The van der Waals surface area contributed by atoms with Gasteiger partial charge < -0.3 is 4.90 Å². The van der Waals surface area contributed by atoms with Crippen molar-refractivity contribution < 1.29 is 13.2 Å². The number of sulfone groups is 1. The van der Waals surface area contributed by atoms with Crippen molar-refractivity contribution in [2.24, 2.45) is 0 Å².